The van der Waals surface area contributed by atoms with Crippen LogP contribution >= 0.6 is 0 Å². The average molecular weight is 332 g/mol. The number of hydrogen-bond donors (Lipinski definition) is 0. The van der Waals surface area contributed by atoms with Crippen molar-refractivity contribution in [2.24, 2.45) is 0 Å². The number of amides is 2. The minimum Gasteiger partial charge on any atom is -0.485 e. The SMILES string of the molecule is CN(C)c1ncccc1O[C@@H]1CCN(C(=O)CN2CCCC2=O)C1. The Morgan fingerprint density at radius 3 is 2.96 bits per heavy atom. The van der Waals surface area contributed by atoms with Gasteiger partial charge < -0.3 is 19.4 Å². The first-order chi connectivity index (χ1) is 11.5. The van der Waals surface area contributed by atoms with E-state index in [0.29, 0.717) is 26.1 Å². The number of ether oxygens (including phenoxy) is 1. The number of carbonyl (C=O) groups is 2. The van der Waals surface area contributed by atoms with Crippen molar-refractivity contribution in [1.82, 2.24) is 14.8 Å². The van der Waals surface area contributed by atoms with Crippen LogP contribution in [0.15, 0.2) is 18.3 Å². The van der Waals surface area contributed by atoms with E-state index in [1.807, 2.05) is 31.1 Å². The van der Waals surface area contributed by atoms with Crippen molar-refractivity contribution in [2.75, 3.05) is 45.2 Å². The molecule has 2 aliphatic heterocycles. The van der Waals surface area contributed by atoms with Crippen LogP contribution in [-0.4, -0.2) is 73.0 Å². The molecule has 1 aromatic heterocycles. The van der Waals surface area contributed by atoms with Gasteiger partial charge in [-0.1, -0.05) is 0 Å². The fourth-order valence-corrected chi connectivity index (χ4v) is 3.18. The van der Waals surface area contributed by atoms with Gasteiger partial charge in [0, 0.05) is 46.2 Å². The summed E-state index contributed by atoms with van der Waals surface area (Å²) in [4.78, 5) is 33.7. The van der Waals surface area contributed by atoms with Gasteiger partial charge in [0.15, 0.2) is 11.6 Å². The molecule has 130 valence electrons. The van der Waals surface area contributed by atoms with Gasteiger partial charge in [0.2, 0.25) is 11.8 Å². The van der Waals surface area contributed by atoms with E-state index in [-0.39, 0.29) is 24.5 Å². The Labute approximate surface area is 142 Å². The summed E-state index contributed by atoms with van der Waals surface area (Å²) in [6.07, 6.45) is 3.91. The largest absolute Gasteiger partial charge is 0.485 e. The quantitative estimate of drug-likeness (QED) is 0.796. The summed E-state index contributed by atoms with van der Waals surface area (Å²) in [7, 11) is 3.85. The molecule has 2 aliphatic rings. The van der Waals surface area contributed by atoms with Gasteiger partial charge in [0.1, 0.15) is 6.10 Å². The van der Waals surface area contributed by atoms with E-state index in [1.54, 1.807) is 16.0 Å². The smallest absolute Gasteiger partial charge is 0.242 e. The number of anilines is 1. The molecule has 0 aliphatic carbocycles. The van der Waals surface area contributed by atoms with Crippen LogP contribution in [0.4, 0.5) is 5.82 Å². The predicted octanol–water partition coefficient (Wildman–Crippen LogP) is 0.750. The molecule has 1 atom stereocenters. The summed E-state index contributed by atoms with van der Waals surface area (Å²) in [6.45, 7) is 2.12. The molecule has 0 spiro atoms. The van der Waals surface area contributed by atoms with Crippen molar-refractivity contribution in [3.05, 3.63) is 18.3 Å². The van der Waals surface area contributed by atoms with Crippen LogP contribution in [0.1, 0.15) is 19.3 Å². The summed E-state index contributed by atoms with van der Waals surface area (Å²) in [5.74, 6) is 1.61. The second-order valence-corrected chi connectivity index (χ2v) is 6.51. The van der Waals surface area contributed by atoms with Crippen LogP contribution in [0.3, 0.4) is 0 Å². The number of hydrogen-bond acceptors (Lipinski definition) is 5. The molecule has 7 nitrogen and oxygen atoms in total. The number of aromatic nitrogens is 1. The lowest BCUT2D eigenvalue weighted by molar-refractivity contribution is -0.137. The van der Waals surface area contributed by atoms with Crippen LogP contribution < -0.4 is 9.64 Å². The molecule has 0 N–H and O–H groups in total. The number of pyridine rings is 1. The van der Waals surface area contributed by atoms with Gasteiger partial charge in [-0.05, 0) is 18.6 Å². The highest BCUT2D eigenvalue weighted by Crippen LogP contribution is 2.26. The Kier molecular flexibility index (Phi) is 4.87. The van der Waals surface area contributed by atoms with Crippen molar-refractivity contribution < 1.29 is 14.3 Å². The molecule has 2 saturated heterocycles. The third kappa shape index (κ3) is 3.60. The minimum atomic E-state index is -0.0360. The van der Waals surface area contributed by atoms with E-state index in [0.717, 1.165) is 24.4 Å². The highest BCUT2D eigenvalue weighted by atomic mass is 16.5. The first kappa shape index (κ1) is 16.5. The molecule has 0 aromatic carbocycles. The Morgan fingerprint density at radius 1 is 1.42 bits per heavy atom. The van der Waals surface area contributed by atoms with E-state index < -0.39 is 0 Å². The number of rotatable bonds is 5. The van der Waals surface area contributed by atoms with Crippen LogP contribution in [0.5, 0.6) is 5.75 Å². The molecule has 7 heteroatoms. The van der Waals surface area contributed by atoms with Gasteiger partial charge >= 0.3 is 0 Å². The molecule has 3 rings (SSSR count). The number of likely N-dealkylation sites (tertiary alicyclic amines) is 2. The van der Waals surface area contributed by atoms with E-state index >= 15 is 0 Å². The lowest BCUT2D eigenvalue weighted by Crippen LogP contribution is -2.40. The topological polar surface area (TPSA) is 66.0 Å². The third-order valence-electron chi connectivity index (χ3n) is 4.46. The second-order valence-electron chi connectivity index (χ2n) is 6.51. The fourth-order valence-electron chi connectivity index (χ4n) is 3.18. The number of carbonyl (C=O) groups excluding carboxylic acids is 2. The van der Waals surface area contributed by atoms with Crippen LogP contribution in [-0.2, 0) is 9.59 Å². The van der Waals surface area contributed by atoms with Crippen LogP contribution in [0, 0.1) is 0 Å². The van der Waals surface area contributed by atoms with Crippen molar-refractivity contribution in [3.63, 3.8) is 0 Å². The van der Waals surface area contributed by atoms with E-state index in [2.05, 4.69) is 4.98 Å². The van der Waals surface area contributed by atoms with Crippen molar-refractivity contribution in [3.8, 4) is 5.75 Å². The Balaban J connectivity index is 1.56. The van der Waals surface area contributed by atoms with E-state index in [9.17, 15) is 9.59 Å². The zero-order chi connectivity index (χ0) is 17.1. The monoisotopic (exact) mass is 332 g/mol. The molecule has 24 heavy (non-hydrogen) atoms. The lowest BCUT2D eigenvalue weighted by Gasteiger charge is -2.22. The van der Waals surface area contributed by atoms with E-state index in [4.69, 9.17) is 4.74 Å². The molecule has 0 bridgehead atoms. The molecular weight excluding hydrogens is 308 g/mol. The highest BCUT2D eigenvalue weighted by molar-refractivity contribution is 5.86. The van der Waals surface area contributed by atoms with Gasteiger partial charge in [-0.3, -0.25) is 9.59 Å². The standard InChI is InChI=1S/C17H24N4O3/c1-19(2)17-14(5-3-8-18-17)24-13-7-10-21(11-13)16(23)12-20-9-4-6-15(20)22/h3,5,8,13H,4,6-7,9-12H2,1-2H3/t13-/m1/s1. The summed E-state index contributed by atoms with van der Waals surface area (Å²) < 4.78 is 6.06. The summed E-state index contributed by atoms with van der Waals surface area (Å²) in [5, 5.41) is 0. The van der Waals surface area contributed by atoms with Crippen LogP contribution in [0.2, 0.25) is 0 Å². The maximum Gasteiger partial charge on any atom is 0.242 e. The van der Waals surface area contributed by atoms with Crippen molar-refractivity contribution in [2.45, 2.75) is 25.4 Å². The van der Waals surface area contributed by atoms with Gasteiger partial charge in [0.05, 0.1) is 13.1 Å². The Hall–Kier alpha value is -2.31. The highest BCUT2D eigenvalue weighted by Gasteiger charge is 2.31. The molecule has 2 amide bonds. The lowest BCUT2D eigenvalue weighted by atomic mass is 10.3. The van der Waals surface area contributed by atoms with Gasteiger partial charge in [0.25, 0.3) is 0 Å². The summed E-state index contributed by atoms with van der Waals surface area (Å²) in [5.41, 5.74) is 0. The zero-order valence-corrected chi connectivity index (χ0v) is 14.3. The molecule has 0 radical (unpaired) electrons. The maximum absolute atomic E-state index is 12.4. The predicted molar refractivity (Wildman–Crippen MR) is 90.0 cm³/mol. The second kappa shape index (κ2) is 7.07. The Bertz CT molecular complexity index is 620. The average Bonchev–Trinajstić information content (AvgIpc) is 3.17. The van der Waals surface area contributed by atoms with E-state index in [1.165, 1.54) is 0 Å². The fraction of sp³-hybridized carbons (Fsp3) is 0.588. The van der Waals surface area contributed by atoms with Gasteiger partial charge in [-0.2, -0.15) is 0 Å². The third-order valence-corrected chi connectivity index (χ3v) is 4.46. The van der Waals surface area contributed by atoms with Crippen molar-refractivity contribution in [1.29, 1.82) is 0 Å². The molecule has 2 fully saturated rings. The Morgan fingerprint density at radius 2 is 2.25 bits per heavy atom. The molecular formula is C17H24N4O3. The van der Waals surface area contributed by atoms with Crippen LogP contribution in [0.25, 0.3) is 0 Å². The van der Waals surface area contributed by atoms with Gasteiger partial charge in [-0.15, -0.1) is 0 Å². The molecule has 3 heterocycles. The minimum absolute atomic E-state index is 0.00960. The number of nitrogens with zero attached hydrogens (tertiary/aromatic N) is 4. The summed E-state index contributed by atoms with van der Waals surface area (Å²) >= 11 is 0. The maximum atomic E-state index is 12.4. The molecule has 1 aromatic rings. The first-order valence-corrected chi connectivity index (χ1v) is 8.39. The van der Waals surface area contributed by atoms with Crippen molar-refractivity contribution >= 4 is 17.6 Å². The normalized spacial score (nSPS) is 20.6. The summed E-state index contributed by atoms with van der Waals surface area (Å²) in [6, 6.07) is 3.74. The van der Waals surface area contributed by atoms with Gasteiger partial charge in [-0.25, -0.2) is 4.98 Å². The first-order valence-electron chi connectivity index (χ1n) is 8.39. The molecule has 0 unspecified atom stereocenters. The zero-order valence-electron chi connectivity index (χ0n) is 14.3. The molecule has 0 saturated carbocycles.